The van der Waals surface area contributed by atoms with Gasteiger partial charge in [0.1, 0.15) is 17.4 Å². The van der Waals surface area contributed by atoms with Crippen molar-refractivity contribution in [3.8, 4) is 16.3 Å². The second-order valence-electron chi connectivity index (χ2n) is 6.52. The molecule has 0 aliphatic rings. The van der Waals surface area contributed by atoms with E-state index in [0.717, 1.165) is 34.1 Å². The molecule has 7 heteroatoms. The molecule has 0 saturated carbocycles. The van der Waals surface area contributed by atoms with Gasteiger partial charge in [0.2, 0.25) is 0 Å². The summed E-state index contributed by atoms with van der Waals surface area (Å²) in [7, 11) is 4.02. The number of benzene rings is 2. The number of hydrogen-bond acceptors (Lipinski definition) is 5. The summed E-state index contributed by atoms with van der Waals surface area (Å²) in [5.41, 5.74) is 2.69. The van der Waals surface area contributed by atoms with E-state index in [9.17, 15) is 4.79 Å². The predicted molar refractivity (Wildman–Crippen MR) is 114 cm³/mol. The van der Waals surface area contributed by atoms with Gasteiger partial charge in [0.15, 0.2) is 0 Å². The van der Waals surface area contributed by atoms with Crippen LogP contribution in [0.5, 0.6) is 5.75 Å². The molecule has 0 spiro atoms. The molecule has 0 aliphatic heterocycles. The lowest BCUT2D eigenvalue weighted by atomic mass is 10.2. The highest BCUT2D eigenvalue weighted by atomic mass is 32.1. The van der Waals surface area contributed by atoms with Crippen LogP contribution in [0, 0.1) is 0 Å². The van der Waals surface area contributed by atoms with Crippen LogP contribution in [-0.4, -0.2) is 43.2 Å². The van der Waals surface area contributed by atoms with Crippen molar-refractivity contribution in [2.75, 3.05) is 32.6 Å². The number of thiazole rings is 1. The van der Waals surface area contributed by atoms with Gasteiger partial charge in [-0.25, -0.2) is 9.78 Å². The second-order valence-corrected chi connectivity index (χ2v) is 7.42. The molecule has 2 aromatic carbocycles. The quantitative estimate of drug-likeness (QED) is 0.602. The number of rotatable bonds is 8. The molecule has 0 atom stereocenters. The minimum absolute atomic E-state index is 0.254. The average Bonchev–Trinajstić information content (AvgIpc) is 3.22. The van der Waals surface area contributed by atoms with Gasteiger partial charge in [0, 0.05) is 35.9 Å². The number of carbonyl (C=O) groups excluding carboxylic acids is 1. The SMILES string of the molecule is CN(C)CCOc1cccc(CNC(=O)Nc2cccc(-c3nccs3)c2)c1. The van der Waals surface area contributed by atoms with Gasteiger partial charge in [-0.3, -0.25) is 0 Å². The van der Waals surface area contributed by atoms with Crippen molar-refractivity contribution in [1.82, 2.24) is 15.2 Å². The van der Waals surface area contributed by atoms with Gasteiger partial charge >= 0.3 is 6.03 Å². The fourth-order valence-corrected chi connectivity index (χ4v) is 3.18. The molecule has 3 aromatic rings. The monoisotopic (exact) mass is 396 g/mol. The van der Waals surface area contributed by atoms with Crippen LogP contribution < -0.4 is 15.4 Å². The third-order valence-corrected chi connectivity index (χ3v) is 4.78. The number of likely N-dealkylation sites (N-methyl/N-ethyl adjacent to an activating group) is 1. The first-order valence-electron chi connectivity index (χ1n) is 9.01. The summed E-state index contributed by atoms with van der Waals surface area (Å²) in [6.45, 7) is 1.90. The Morgan fingerprint density at radius 1 is 1.18 bits per heavy atom. The Labute approximate surface area is 169 Å². The highest BCUT2D eigenvalue weighted by Crippen LogP contribution is 2.24. The van der Waals surface area contributed by atoms with Gasteiger partial charge < -0.3 is 20.3 Å². The van der Waals surface area contributed by atoms with Crippen LogP contribution in [0.15, 0.2) is 60.1 Å². The first-order valence-corrected chi connectivity index (χ1v) is 9.89. The van der Waals surface area contributed by atoms with Crippen LogP contribution >= 0.6 is 11.3 Å². The van der Waals surface area contributed by atoms with E-state index in [1.165, 1.54) is 0 Å². The van der Waals surface area contributed by atoms with Crippen molar-refractivity contribution in [3.63, 3.8) is 0 Å². The first-order chi connectivity index (χ1) is 13.6. The minimum Gasteiger partial charge on any atom is -0.492 e. The van der Waals surface area contributed by atoms with Crippen LogP contribution in [0.3, 0.4) is 0 Å². The molecule has 0 radical (unpaired) electrons. The zero-order chi connectivity index (χ0) is 19.8. The molecule has 2 amide bonds. The largest absolute Gasteiger partial charge is 0.492 e. The molecular formula is C21H24N4O2S. The number of hydrogen-bond donors (Lipinski definition) is 2. The zero-order valence-corrected chi connectivity index (χ0v) is 16.8. The Hall–Kier alpha value is -2.90. The van der Waals surface area contributed by atoms with E-state index < -0.39 is 0 Å². The van der Waals surface area contributed by atoms with Crippen LogP contribution in [-0.2, 0) is 6.54 Å². The lowest BCUT2D eigenvalue weighted by Gasteiger charge is -2.12. The molecule has 0 bridgehead atoms. The van der Waals surface area contributed by atoms with E-state index in [1.54, 1.807) is 17.5 Å². The Balaban J connectivity index is 1.51. The van der Waals surface area contributed by atoms with Crippen molar-refractivity contribution >= 4 is 23.1 Å². The number of ether oxygens (including phenoxy) is 1. The van der Waals surface area contributed by atoms with E-state index in [2.05, 4.69) is 20.5 Å². The number of carbonyl (C=O) groups is 1. The molecule has 0 saturated heterocycles. The molecule has 0 fully saturated rings. The maximum Gasteiger partial charge on any atom is 0.319 e. The molecule has 3 rings (SSSR count). The molecule has 0 aliphatic carbocycles. The molecule has 0 unspecified atom stereocenters. The van der Waals surface area contributed by atoms with E-state index in [-0.39, 0.29) is 6.03 Å². The number of nitrogens with zero attached hydrogens (tertiary/aromatic N) is 2. The van der Waals surface area contributed by atoms with Gasteiger partial charge in [0.05, 0.1) is 0 Å². The summed E-state index contributed by atoms with van der Waals surface area (Å²) in [5, 5.41) is 8.60. The van der Waals surface area contributed by atoms with Crippen molar-refractivity contribution in [1.29, 1.82) is 0 Å². The van der Waals surface area contributed by atoms with Crippen LogP contribution in [0.2, 0.25) is 0 Å². The van der Waals surface area contributed by atoms with Gasteiger partial charge in [-0.15, -0.1) is 11.3 Å². The van der Waals surface area contributed by atoms with Gasteiger partial charge in [0.25, 0.3) is 0 Å². The first kappa shape index (κ1) is 19.9. The fraction of sp³-hybridized carbons (Fsp3) is 0.238. The molecule has 1 aromatic heterocycles. The van der Waals surface area contributed by atoms with Gasteiger partial charge in [-0.1, -0.05) is 24.3 Å². The normalized spacial score (nSPS) is 10.7. The number of aromatic nitrogens is 1. The second kappa shape index (κ2) is 9.87. The smallest absolute Gasteiger partial charge is 0.319 e. The predicted octanol–water partition coefficient (Wildman–Crippen LogP) is 4.07. The van der Waals surface area contributed by atoms with E-state index >= 15 is 0 Å². The third-order valence-electron chi connectivity index (χ3n) is 3.96. The topological polar surface area (TPSA) is 66.5 Å². The molecule has 1 heterocycles. The van der Waals surface area contributed by atoms with Crippen molar-refractivity contribution in [2.45, 2.75) is 6.54 Å². The molecule has 28 heavy (non-hydrogen) atoms. The Bertz CT molecular complexity index is 897. The average molecular weight is 397 g/mol. The summed E-state index contributed by atoms with van der Waals surface area (Å²) >= 11 is 1.57. The molecule has 146 valence electrons. The maximum atomic E-state index is 12.2. The number of amides is 2. The Morgan fingerprint density at radius 3 is 2.82 bits per heavy atom. The maximum absolute atomic E-state index is 12.2. The summed E-state index contributed by atoms with van der Waals surface area (Å²) in [5.74, 6) is 0.803. The van der Waals surface area contributed by atoms with Crippen LogP contribution in [0.1, 0.15) is 5.56 Å². The third kappa shape index (κ3) is 6.07. The highest BCUT2D eigenvalue weighted by Gasteiger charge is 2.06. The molecular weight excluding hydrogens is 372 g/mol. The van der Waals surface area contributed by atoms with Gasteiger partial charge in [-0.05, 0) is 43.9 Å². The summed E-state index contributed by atoms with van der Waals surface area (Å²) < 4.78 is 5.73. The van der Waals surface area contributed by atoms with Crippen molar-refractivity contribution in [3.05, 3.63) is 65.7 Å². The Morgan fingerprint density at radius 2 is 2.04 bits per heavy atom. The van der Waals surface area contributed by atoms with E-state index in [1.807, 2.05) is 68.0 Å². The van der Waals surface area contributed by atoms with Crippen molar-refractivity contribution < 1.29 is 9.53 Å². The van der Waals surface area contributed by atoms with Gasteiger partial charge in [-0.2, -0.15) is 0 Å². The summed E-state index contributed by atoms with van der Waals surface area (Å²) in [6, 6.07) is 15.1. The van der Waals surface area contributed by atoms with Crippen molar-refractivity contribution in [2.24, 2.45) is 0 Å². The number of nitrogens with one attached hydrogen (secondary N) is 2. The Kier molecular flexibility index (Phi) is 7.00. The standard InChI is InChI=1S/C21H24N4O2S/c1-25(2)10-11-27-19-8-3-5-16(13-19)15-23-21(26)24-18-7-4-6-17(14-18)20-22-9-12-28-20/h3-9,12-14H,10-11,15H2,1-2H3,(H2,23,24,26). The van der Waals surface area contributed by atoms with Crippen LogP contribution in [0.25, 0.3) is 10.6 Å². The van der Waals surface area contributed by atoms with E-state index in [0.29, 0.717) is 13.2 Å². The molecule has 2 N–H and O–H groups in total. The number of urea groups is 1. The minimum atomic E-state index is -0.254. The lowest BCUT2D eigenvalue weighted by Crippen LogP contribution is -2.28. The lowest BCUT2D eigenvalue weighted by molar-refractivity contribution is 0.251. The molecule has 6 nitrogen and oxygen atoms in total. The van der Waals surface area contributed by atoms with E-state index in [4.69, 9.17) is 4.74 Å². The summed E-state index contributed by atoms with van der Waals surface area (Å²) in [6.07, 6.45) is 1.77. The summed E-state index contributed by atoms with van der Waals surface area (Å²) in [4.78, 5) is 18.6. The highest BCUT2D eigenvalue weighted by molar-refractivity contribution is 7.13. The zero-order valence-electron chi connectivity index (χ0n) is 16.0. The number of anilines is 1. The van der Waals surface area contributed by atoms with Crippen LogP contribution in [0.4, 0.5) is 10.5 Å². The fourth-order valence-electron chi connectivity index (χ4n) is 2.54.